The van der Waals surface area contributed by atoms with Gasteiger partial charge < -0.3 is 4.90 Å². The maximum atomic E-state index is 14.1. The molecule has 1 aliphatic rings. The van der Waals surface area contributed by atoms with E-state index in [4.69, 9.17) is 16.9 Å². The predicted molar refractivity (Wildman–Crippen MR) is 95.6 cm³/mol. The molecule has 0 bridgehead atoms. The Balaban J connectivity index is 1.64. The van der Waals surface area contributed by atoms with Gasteiger partial charge in [-0.2, -0.15) is 5.26 Å². The minimum absolute atomic E-state index is 0.197. The van der Waals surface area contributed by atoms with Crippen LogP contribution in [0.25, 0.3) is 0 Å². The van der Waals surface area contributed by atoms with Crippen LogP contribution in [0.1, 0.15) is 11.1 Å². The van der Waals surface area contributed by atoms with Gasteiger partial charge in [0.15, 0.2) is 0 Å². The highest BCUT2D eigenvalue weighted by Gasteiger charge is 2.21. The van der Waals surface area contributed by atoms with Crippen LogP contribution < -0.4 is 4.90 Å². The van der Waals surface area contributed by atoms with Gasteiger partial charge in [0.1, 0.15) is 17.7 Å². The number of hydrogen-bond acceptors (Lipinski definition) is 4. The lowest BCUT2D eigenvalue weighted by atomic mass is 10.2. The minimum atomic E-state index is -0.197. The molecule has 0 aliphatic carbocycles. The molecule has 2 heterocycles. The molecule has 1 saturated heterocycles. The van der Waals surface area contributed by atoms with Crippen LogP contribution in [-0.4, -0.2) is 36.1 Å². The van der Waals surface area contributed by atoms with Crippen LogP contribution in [0.15, 0.2) is 34.9 Å². The van der Waals surface area contributed by atoms with Crippen molar-refractivity contribution in [3.63, 3.8) is 0 Å². The molecule has 24 heavy (non-hydrogen) atoms. The molecule has 1 aromatic heterocycles. The Morgan fingerprint density at radius 3 is 2.71 bits per heavy atom. The van der Waals surface area contributed by atoms with E-state index in [1.54, 1.807) is 12.1 Å². The molecule has 1 aromatic carbocycles. The summed E-state index contributed by atoms with van der Waals surface area (Å²) in [5.41, 5.74) is 1.14. The number of hydrogen-bond donors (Lipinski definition) is 0. The molecule has 1 fully saturated rings. The van der Waals surface area contributed by atoms with Gasteiger partial charge in [0, 0.05) is 44.5 Å². The van der Waals surface area contributed by atoms with Crippen molar-refractivity contribution in [2.24, 2.45) is 0 Å². The Labute approximate surface area is 153 Å². The fourth-order valence-corrected chi connectivity index (χ4v) is 3.45. The summed E-state index contributed by atoms with van der Waals surface area (Å²) in [5.74, 6) is 0.501. The standard InChI is InChI=1S/C17H15BrClFN4/c18-14-3-1-2-13(16(14)20)11-23-4-6-24(7-5-23)17-15(19)8-12(9-21)10-22-17/h1-3,8,10H,4-7,11H2. The molecule has 0 radical (unpaired) electrons. The summed E-state index contributed by atoms with van der Waals surface area (Å²) < 4.78 is 14.6. The predicted octanol–water partition coefficient (Wildman–Crippen LogP) is 3.83. The van der Waals surface area contributed by atoms with Crippen molar-refractivity contribution in [3.05, 3.63) is 56.9 Å². The molecule has 0 unspecified atom stereocenters. The molecular formula is C17H15BrClFN4. The van der Waals surface area contributed by atoms with Crippen molar-refractivity contribution < 1.29 is 4.39 Å². The average Bonchev–Trinajstić information content (AvgIpc) is 2.60. The number of rotatable bonds is 3. The number of aromatic nitrogens is 1. The Morgan fingerprint density at radius 2 is 2.04 bits per heavy atom. The van der Waals surface area contributed by atoms with E-state index in [2.05, 4.69) is 30.7 Å². The van der Waals surface area contributed by atoms with Gasteiger partial charge in [-0.15, -0.1) is 0 Å². The molecule has 0 amide bonds. The quantitative estimate of drug-likeness (QED) is 0.773. The van der Waals surface area contributed by atoms with Crippen LogP contribution >= 0.6 is 27.5 Å². The Kier molecular flexibility index (Phi) is 5.34. The number of halogens is 3. The fraction of sp³-hybridized carbons (Fsp3) is 0.294. The van der Waals surface area contributed by atoms with Crippen LogP contribution in [-0.2, 0) is 6.54 Å². The van der Waals surface area contributed by atoms with Gasteiger partial charge in [0.25, 0.3) is 0 Å². The maximum absolute atomic E-state index is 14.1. The molecule has 7 heteroatoms. The Hall–Kier alpha value is -1.68. The first-order chi connectivity index (χ1) is 11.6. The lowest BCUT2D eigenvalue weighted by molar-refractivity contribution is 0.246. The van der Waals surface area contributed by atoms with E-state index >= 15 is 0 Å². The van der Waals surface area contributed by atoms with Gasteiger partial charge in [0.2, 0.25) is 0 Å². The van der Waals surface area contributed by atoms with E-state index in [-0.39, 0.29) is 5.82 Å². The summed E-state index contributed by atoms with van der Waals surface area (Å²) in [6.07, 6.45) is 1.53. The van der Waals surface area contributed by atoms with E-state index in [0.29, 0.717) is 33.0 Å². The molecule has 4 nitrogen and oxygen atoms in total. The summed E-state index contributed by atoms with van der Waals surface area (Å²) >= 11 is 9.45. The first-order valence-electron chi connectivity index (χ1n) is 7.54. The summed E-state index contributed by atoms with van der Waals surface area (Å²) in [4.78, 5) is 8.60. The van der Waals surface area contributed by atoms with E-state index in [0.717, 1.165) is 26.2 Å². The van der Waals surface area contributed by atoms with Crippen molar-refractivity contribution in [1.29, 1.82) is 5.26 Å². The average molecular weight is 410 g/mol. The van der Waals surface area contributed by atoms with Gasteiger partial charge >= 0.3 is 0 Å². The van der Waals surface area contributed by atoms with E-state index < -0.39 is 0 Å². The number of nitrogens with zero attached hydrogens (tertiary/aromatic N) is 4. The van der Waals surface area contributed by atoms with E-state index in [1.165, 1.54) is 6.20 Å². The van der Waals surface area contributed by atoms with Crippen LogP contribution in [0.5, 0.6) is 0 Å². The van der Waals surface area contributed by atoms with Crippen molar-refractivity contribution in [2.75, 3.05) is 31.1 Å². The van der Waals surface area contributed by atoms with Crippen molar-refractivity contribution in [3.8, 4) is 6.07 Å². The number of pyridine rings is 1. The normalized spacial score (nSPS) is 15.3. The molecule has 124 valence electrons. The molecule has 2 aromatic rings. The van der Waals surface area contributed by atoms with Crippen LogP contribution in [0.4, 0.5) is 10.2 Å². The topological polar surface area (TPSA) is 43.2 Å². The molecule has 0 N–H and O–H groups in total. The molecule has 0 saturated carbocycles. The molecule has 0 atom stereocenters. The second-order valence-corrected chi connectivity index (χ2v) is 6.88. The number of nitriles is 1. The lowest BCUT2D eigenvalue weighted by Gasteiger charge is -2.35. The lowest BCUT2D eigenvalue weighted by Crippen LogP contribution is -2.46. The van der Waals surface area contributed by atoms with Crippen molar-refractivity contribution in [1.82, 2.24) is 9.88 Å². The molecule has 1 aliphatic heterocycles. The summed E-state index contributed by atoms with van der Waals surface area (Å²) in [7, 11) is 0. The third kappa shape index (κ3) is 3.69. The highest BCUT2D eigenvalue weighted by molar-refractivity contribution is 9.10. The van der Waals surface area contributed by atoms with Gasteiger partial charge in [-0.05, 0) is 28.1 Å². The molecule has 0 spiro atoms. The van der Waals surface area contributed by atoms with Crippen LogP contribution in [0.2, 0.25) is 5.02 Å². The van der Waals surface area contributed by atoms with E-state index in [9.17, 15) is 4.39 Å². The smallest absolute Gasteiger partial charge is 0.147 e. The third-order valence-electron chi connectivity index (χ3n) is 4.05. The highest BCUT2D eigenvalue weighted by Crippen LogP contribution is 2.26. The minimum Gasteiger partial charge on any atom is -0.353 e. The number of piperazine rings is 1. The number of anilines is 1. The zero-order valence-electron chi connectivity index (χ0n) is 12.8. The molecule has 3 rings (SSSR count). The summed E-state index contributed by atoms with van der Waals surface area (Å²) in [5, 5.41) is 9.36. The fourth-order valence-electron chi connectivity index (χ4n) is 2.75. The Morgan fingerprint density at radius 1 is 1.29 bits per heavy atom. The van der Waals surface area contributed by atoms with Gasteiger partial charge in [-0.3, -0.25) is 4.90 Å². The van der Waals surface area contributed by atoms with Gasteiger partial charge in [-0.1, -0.05) is 23.7 Å². The van der Waals surface area contributed by atoms with Crippen molar-refractivity contribution in [2.45, 2.75) is 6.54 Å². The SMILES string of the molecule is N#Cc1cnc(N2CCN(Cc3cccc(Br)c3F)CC2)c(Cl)c1. The largest absolute Gasteiger partial charge is 0.353 e. The summed E-state index contributed by atoms with van der Waals surface area (Å²) in [6.45, 7) is 3.68. The number of benzene rings is 1. The zero-order chi connectivity index (χ0) is 17.1. The van der Waals surface area contributed by atoms with Crippen molar-refractivity contribution >= 4 is 33.3 Å². The zero-order valence-corrected chi connectivity index (χ0v) is 15.2. The van der Waals surface area contributed by atoms with Gasteiger partial charge in [0.05, 0.1) is 15.1 Å². The van der Waals surface area contributed by atoms with E-state index in [1.807, 2.05) is 18.2 Å². The Bertz CT molecular complexity index is 785. The first-order valence-corrected chi connectivity index (χ1v) is 8.71. The van der Waals surface area contributed by atoms with Gasteiger partial charge in [-0.25, -0.2) is 9.37 Å². The second kappa shape index (κ2) is 7.47. The highest BCUT2D eigenvalue weighted by atomic mass is 79.9. The van der Waals surface area contributed by atoms with Crippen LogP contribution in [0, 0.1) is 17.1 Å². The third-order valence-corrected chi connectivity index (χ3v) is 4.94. The van der Waals surface area contributed by atoms with Crippen LogP contribution in [0.3, 0.4) is 0 Å². The monoisotopic (exact) mass is 408 g/mol. The second-order valence-electron chi connectivity index (χ2n) is 5.62. The summed E-state index contributed by atoms with van der Waals surface area (Å²) in [6, 6.07) is 9.02. The molecular weight excluding hydrogens is 395 g/mol. The maximum Gasteiger partial charge on any atom is 0.147 e. The first kappa shape index (κ1) is 17.2.